The Labute approximate surface area is 203 Å². The summed E-state index contributed by atoms with van der Waals surface area (Å²) < 4.78 is 41.6. The molecule has 180 valence electrons. The van der Waals surface area contributed by atoms with Crippen molar-refractivity contribution in [3.8, 4) is 5.69 Å². The fourth-order valence-electron chi connectivity index (χ4n) is 6.12. The zero-order chi connectivity index (χ0) is 24.2. The summed E-state index contributed by atoms with van der Waals surface area (Å²) in [6.45, 7) is 2.03. The fraction of sp³-hybridized carbons (Fsp3) is 0.345. The molecule has 2 aromatic carbocycles. The third-order valence-electron chi connectivity index (χ3n) is 7.89. The van der Waals surface area contributed by atoms with Gasteiger partial charge in [0.15, 0.2) is 0 Å². The molecule has 0 radical (unpaired) electrons. The molecule has 35 heavy (non-hydrogen) atoms. The van der Waals surface area contributed by atoms with E-state index in [1.807, 2.05) is 12.3 Å². The molecular formula is C29H27F2NO3. The molecule has 0 N–H and O–H groups in total. The Morgan fingerprint density at radius 2 is 1.97 bits per heavy atom. The molecule has 3 aliphatic rings. The van der Waals surface area contributed by atoms with Crippen LogP contribution < -0.4 is 0 Å². The molecular weight excluding hydrogens is 448 g/mol. The van der Waals surface area contributed by atoms with E-state index >= 15 is 0 Å². The second-order valence-corrected chi connectivity index (χ2v) is 9.70. The van der Waals surface area contributed by atoms with Crippen LogP contribution in [0.1, 0.15) is 48.6 Å². The number of ether oxygens (including phenoxy) is 2. The number of halogens is 2. The van der Waals surface area contributed by atoms with Crippen molar-refractivity contribution in [1.29, 1.82) is 0 Å². The molecule has 0 amide bonds. The van der Waals surface area contributed by atoms with Gasteiger partial charge in [0.25, 0.3) is 0 Å². The highest BCUT2D eigenvalue weighted by atomic mass is 19.1. The highest BCUT2D eigenvalue weighted by Gasteiger charge is 2.74. The number of hydrogen-bond acceptors (Lipinski definition) is 3. The average Bonchev–Trinajstić information content (AvgIpc) is 3.11. The summed E-state index contributed by atoms with van der Waals surface area (Å²) in [5.41, 5.74) is 5.31. The van der Waals surface area contributed by atoms with Gasteiger partial charge in [0.05, 0.1) is 13.0 Å². The second-order valence-electron chi connectivity index (χ2n) is 9.70. The van der Waals surface area contributed by atoms with Crippen LogP contribution in [-0.4, -0.2) is 28.3 Å². The van der Waals surface area contributed by atoms with Crippen molar-refractivity contribution in [3.63, 3.8) is 0 Å². The molecule has 3 aromatic rings. The minimum atomic E-state index is -0.410. The van der Waals surface area contributed by atoms with E-state index < -0.39 is 5.97 Å². The predicted molar refractivity (Wildman–Crippen MR) is 128 cm³/mol. The Hall–Kier alpha value is -3.25. The maximum atomic E-state index is 14.6. The van der Waals surface area contributed by atoms with Crippen LogP contribution in [0.3, 0.4) is 0 Å². The normalized spacial score (nSPS) is 23.8. The molecule has 4 nitrogen and oxygen atoms in total. The van der Waals surface area contributed by atoms with Crippen molar-refractivity contribution in [2.75, 3.05) is 6.61 Å². The lowest BCUT2D eigenvalue weighted by atomic mass is 9.80. The molecule has 1 saturated carbocycles. The van der Waals surface area contributed by atoms with Crippen LogP contribution in [-0.2, 0) is 33.5 Å². The number of rotatable bonds is 7. The van der Waals surface area contributed by atoms with E-state index in [2.05, 4.69) is 16.7 Å². The van der Waals surface area contributed by atoms with Crippen molar-refractivity contribution >= 4 is 12.0 Å². The Morgan fingerprint density at radius 3 is 2.77 bits per heavy atom. The van der Waals surface area contributed by atoms with Gasteiger partial charge in [-0.15, -0.1) is 0 Å². The van der Waals surface area contributed by atoms with Crippen LogP contribution in [0, 0.1) is 11.6 Å². The molecule has 2 aliphatic carbocycles. The zero-order valence-corrected chi connectivity index (χ0v) is 19.7. The number of epoxide rings is 1. The van der Waals surface area contributed by atoms with Gasteiger partial charge in [-0.1, -0.05) is 12.1 Å². The summed E-state index contributed by atoms with van der Waals surface area (Å²) in [6, 6.07) is 13.7. The maximum absolute atomic E-state index is 14.6. The standard InChI is InChI=1S/C29H27F2NO3/c1-2-34-27(33)17-24-19(4-3-5-25(24)31)10-13-28-14-11-21-16-26-20(18-29(21,28)35-28)12-15-32(26)23-8-6-22(30)7-9-23/h3-9,12,15-16H,2,10-11,13-14,17-18H2,1H3. The van der Waals surface area contributed by atoms with E-state index in [-0.39, 0.29) is 35.9 Å². The Morgan fingerprint density at radius 1 is 1.14 bits per heavy atom. The Balaban J connectivity index is 1.23. The minimum Gasteiger partial charge on any atom is -0.466 e. The van der Waals surface area contributed by atoms with Crippen LogP contribution in [0.25, 0.3) is 11.8 Å². The molecule has 1 spiro atoms. The van der Waals surface area contributed by atoms with Crippen molar-refractivity contribution in [2.45, 2.75) is 56.7 Å². The molecule has 1 saturated heterocycles. The molecule has 1 aromatic heterocycles. The van der Waals surface area contributed by atoms with Gasteiger partial charge in [0, 0.05) is 29.6 Å². The topological polar surface area (TPSA) is 43.8 Å². The quantitative estimate of drug-likeness (QED) is 0.324. The SMILES string of the molecule is CCOC(=O)Cc1c(F)cccc1CCC12CCC3=Cc4c(ccn4-c4ccc(F)cc4)CC31O2. The average molecular weight is 476 g/mol. The summed E-state index contributed by atoms with van der Waals surface area (Å²) in [5, 5.41) is 0. The summed E-state index contributed by atoms with van der Waals surface area (Å²) in [7, 11) is 0. The first-order valence-electron chi connectivity index (χ1n) is 12.2. The number of aryl methyl sites for hydroxylation is 1. The third-order valence-corrected chi connectivity index (χ3v) is 7.89. The minimum absolute atomic E-state index is 0.0553. The molecule has 2 unspecified atom stereocenters. The van der Waals surface area contributed by atoms with E-state index in [0.717, 1.165) is 42.6 Å². The number of esters is 1. The molecule has 0 bridgehead atoms. The van der Waals surface area contributed by atoms with E-state index in [1.165, 1.54) is 29.3 Å². The van der Waals surface area contributed by atoms with Crippen molar-refractivity contribution < 1.29 is 23.0 Å². The van der Waals surface area contributed by atoms with Crippen LogP contribution in [0.15, 0.2) is 60.3 Å². The lowest BCUT2D eigenvalue weighted by Crippen LogP contribution is -2.27. The highest BCUT2D eigenvalue weighted by Crippen LogP contribution is 2.67. The smallest absolute Gasteiger partial charge is 0.310 e. The van der Waals surface area contributed by atoms with E-state index in [9.17, 15) is 13.6 Å². The Kier molecular flexibility index (Phi) is 5.18. The molecule has 1 aliphatic heterocycles. The molecule has 2 atom stereocenters. The monoisotopic (exact) mass is 475 g/mol. The molecule has 6 heteroatoms. The summed E-state index contributed by atoms with van der Waals surface area (Å²) in [4.78, 5) is 12.0. The predicted octanol–water partition coefficient (Wildman–Crippen LogP) is 5.74. The van der Waals surface area contributed by atoms with E-state index in [4.69, 9.17) is 9.47 Å². The second kappa shape index (κ2) is 8.16. The number of aromatic nitrogens is 1. The fourth-order valence-corrected chi connectivity index (χ4v) is 6.12. The van der Waals surface area contributed by atoms with Gasteiger partial charge in [0.2, 0.25) is 0 Å². The van der Waals surface area contributed by atoms with Gasteiger partial charge < -0.3 is 14.0 Å². The van der Waals surface area contributed by atoms with Crippen LogP contribution in [0.2, 0.25) is 0 Å². The van der Waals surface area contributed by atoms with Gasteiger partial charge in [-0.3, -0.25) is 4.79 Å². The first-order valence-corrected chi connectivity index (χ1v) is 12.2. The third kappa shape index (κ3) is 3.54. The van der Waals surface area contributed by atoms with E-state index in [1.54, 1.807) is 25.1 Å². The van der Waals surface area contributed by atoms with Crippen molar-refractivity contribution in [3.05, 3.63) is 94.3 Å². The number of fused-ring (bicyclic) bond motifs is 1. The molecule has 6 rings (SSSR count). The van der Waals surface area contributed by atoms with Gasteiger partial charge in [0.1, 0.15) is 22.8 Å². The molecule has 2 heterocycles. The van der Waals surface area contributed by atoms with Gasteiger partial charge in [-0.05, 0) is 91.8 Å². The number of hydrogen-bond donors (Lipinski definition) is 0. The maximum Gasteiger partial charge on any atom is 0.310 e. The number of carbonyl (C=O) groups is 1. The van der Waals surface area contributed by atoms with Crippen molar-refractivity contribution in [1.82, 2.24) is 4.57 Å². The van der Waals surface area contributed by atoms with Crippen LogP contribution in [0.4, 0.5) is 8.78 Å². The number of carbonyl (C=O) groups excluding carboxylic acids is 1. The number of nitrogens with zero attached hydrogens (tertiary/aromatic N) is 1. The highest BCUT2D eigenvalue weighted by molar-refractivity contribution is 5.73. The van der Waals surface area contributed by atoms with Gasteiger partial charge >= 0.3 is 5.97 Å². The Bertz CT molecular complexity index is 1340. The summed E-state index contributed by atoms with van der Waals surface area (Å²) in [6.07, 6.45) is 8.34. The zero-order valence-electron chi connectivity index (χ0n) is 19.7. The van der Waals surface area contributed by atoms with Crippen LogP contribution in [0.5, 0.6) is 0 Å². The summed E-state index contributed by atoms with van der Waals surface area (Å²) in [5.74, 6) is -1.02. The summed E-state index contributed by atoms with van der Waals surface area (Å²) >= 11 is 0. The lowest BCUT2D eigenvalue weighted by Gasteiger charge is -2.21. The van der Waals surface area contributed by atoms with Gasteiger partial charge in [-0.25, -0.2) is 8.78 Å². The van der Waals surface area contributed by atoms with Crippen LogP contribution >= 0.6 is 0 Å². The first-order chi connectivity index (χ1) is 16.9. The molecule has 2 fully saturated rings. The lowest BCUT2D eigenvalue weighted by molar-refractivity contribution is -0.142. The first kappa shape index (κ1) is 22.2. The number of benzene rings is 2. The van der Waals surface area contributed by atoms with Gasteiger partial charge in [-0.2, -0.15) is 0 Å². The largest absolute Gasteiger partial charge is 0.466 e. The van der Waals surface area contributed by atoms with Crippen molar-refractivity contribution in [2.24, 2.45) is 0 Å². The van der Waals surface area contributed by atoms with E-state index in [0.29, 0.717) is 12.0 Å².